The van der Waals surface area contributed by atoms with Gasteiger partial charge in [-0.05, 0) is 32.5 Å². The highest BCUT2D eigenvalue weighted by Crippen LogP contribution is 2.26. The lowest BCUT2D eigenvalue weighted by atomic mass is 10.0. The maximum atomic E-state index is 13.8. The van der Waals surface area contributed by atoms with Crippen LogP contribution in [0.1, 0.15) is 31.9 Å². The molecule has 0 amide bonds. The monoisotopic (exact) mass is 236 g/mol. The molecule has 2 atom stereocenters. The largest absolute Gasteiger partial charge is 0.315 e. The summed E-state index contributed by atoms with van der Waals surface area (Å²) in [5, 5.41) is 3.37. The minimum Gasteiger partial charge on any atom is -0.315 e. The quantitative estimate of drug-likeness (QED) is 0.864. The Balaban J connectivity index is 2.16. The van der Waals surface area contributed by atoms with Crippen LogP contribution in [-0.4, -0.2) is 30.6 Å². The van der Waals surface area contributed by atoms with Gasteiger partial charge in [-0.15, -0.1) is 0 Å². The van der Waals surface area contributed by atoms with Crippen LogP contribution in [0.25, 0.3) is 0 Å². The molecule has 1 aromatic carbocycles. The van der Waals surface area contributed by atoms with Crippen LogP contribution in [0, 0.1) is 5.82 Å². The van der Waals surface area contributed by atoms with Crippen LogP contribution < -0.4 is 5.32 Å². The molecule has 0 saturated carbocycles. The molecular weight excluding hydrogens is 215 g/mol. The summed E-state index contributed by atoms with van der Waals surface area (Å²) in [7, 11) is 0. The lowest BCUT2D eigenvalue weighted by Crippen LogP contribution is -2.38. The second kappa shape index (κ2) is 5.61. The van der Waals surface area contributed by atoms with Gasteiger partial charge in [-0.25, -0.2) is 4.39 Å². The van der Waals surface area contributed by atoms with Crippen LogP contribution in [0.2, 0.25) is 0 Å². The number of rotatable bonds is 4. The Morgan fingerprint density at radius 2 is 2.24 bits per heavy atom. The minimum atomic E-state index is -0.0931. The van der Waals surface area contributed by atoms with E-state index in [1.54, 1.807) is 12.1 Å². The van der Waals surface area contributed by atoms with E-state index < -0.39 is 0 Å². The number of hydrogen-bond acceptors (Lipinski definition) is 2. The summed E-state index contributed by atoms with van der Waals surface area (Å²) in [6.45, 7) is 7.30. The van der Waals surface area contributed by atoms with Crippen molar-refractivity contribution in [1.82, 2.24) is 10.2 Å². The van der Waals surface area contributed by atoms with Crippen LogP contribution in [0.4, 0.5) is 4.39 Å². The van der Waals surface area contributed by atoms with Gasteiger partial charge in [0.25, 0.3) is 0 Å². The number of nitrogens with zero attached hydrogens (tertiary/aromatic N) is 1. The van der Waals surface area contributed by atoms with E-state index in [2.05, 4.69) is 24.1 Å². The zero-order valence-corrected chi connectivity index (χ0v) is 10.6. The second-order valence-electron chi connectivity index (χ2n) is 4.67. The average Bonchev–Trinajstić information content (AvgIpc) is 2.84. The maximum absolute atomic E-state index is 13.8. The number of benzene rings is 1. The molecule has 0 aliphatic carbocycles. The molecule has 1 N–H and O–H groups in total. The Kier molecular flexibility index (Phi) is 4.13. The molecular formula is C14H21FN2. The molecule has 1 aromatic rings. The van der Waals surface area contributed by atoms with E-state index in [1.807, 2.05) is 12.1 Å². The first-order chi connectivity index (χ1) is 8.24. The normalized spacial score (nSPS) is 22.0. The average molecular weight is 236 g/mol. The molecule has 2 rings (SSSR count). The van der Waals surface area contributed by atoms with E-state index in [-0.39, 0.29) is 11.9 Å². The molecule has 17 heavy (non-hydrogen) atoms. The summed E-state index contributed by atoms with van der Waals surface area (Å²) in [6.07, 6.45) is 1.16. The standard InChI is InChI=1S/C14H21FN2/c1-3-17(12-8-9-16-10-12)11(2)13-6-4-5-7-14(13)15/h4-7,11-12,16H,3,8-10H2,1-2H3. The van der Waals surface area contributed by atoms with Gasteiger partial charge < -0.3 is 5.32 Å². The van der Waals surface area contributed by atoms with E-state index >= 15 is 0 Å². The Hall–Kier alpha value is -0.930. The lowest BCUT2D eigenvalue weighted by molar-refractivity contribution is 0.160. The third-order valence-electron chi connectivity index (χ3n) is 3.72. The summed E-state index contributed by atoms with van der Waals surface area (Å²) >= 11 is 0. The molecule has 2 unspecified atom stereocenters. The fourth-order valence-corrected chi connectivity index (χ4v) is 2.76. The molecule has 3 heteroatoms. The molecule has 1 saturated heterocycles. The highest BCUT2D eigenvalue weighted by Gasteiger charge is 2.26. The summed E-state index contributed by atoms with van der Waals surface area (Å²) in [6, 6.07) is 7.78. The van der Waals surface area contributed by atoms with Crippen LogP contribution in [-0.2, 0) is 0 Å². The first kappa shape index (κ1) is 12.5. The van der Waals surface area contributed by atoms with Gasteiger partial charge in [0.05, 0.1) is 0 Å². The van der Waals surface area contributed by atoms with Gasteiger partial charge in [-0.3, -0.25) is 4.90 Å². The Labute approximate surface area is 103 Å². The first-order valence-corrected chi connectivity index (χ1v) is 6.45. The summed E-state index contributed by atoms with van der Waals surface area (Å²) < 4.78 is 13.8. The number of halogens is 1. The molecule has 0 radical (unpaired) electrons. The van der Waals surface area contributed by atoms with Crippen LogP contribution in [0.5, 0.6) is 0 Å². The van der Waals surface area contributed by atoms with Crippen LogP contribution in [0.3, 0.4) is 0 Å². The SMILES string of the molecule is CCN(C1CCNC1)C(C)c1ccccc1F. The molecule has 0 bridgehead atoms. The molecule has 2 nitrogen and oxygen atoms in total. The molecule has 1 heterocycles. The number of nitrogens with one attached hydrogen (secondary N) is 1. The third-order valence-corrected chi connectivity index (χ3v) is 3.72. The van der Waals surface area contributed by atoms with Crippen molar-refractivity contribution in [2.45, 2.75) is 32.4 Å². The molecule has 1 aliphatic rings. The van der Waals surface area contributed by atoms with Crippen LogP contribution in [0.15, 0.2) is 24.3 Å². The summed E-state index contributed by atoms with van der Waals surface area (Å²) in [4.78, 5) is 2.39. The van der Waals surface area contributed by atoms with E-state index in [0.717, 1.165) is 31.6 Å². The maximum Gasteiger partial charge on any atom is 0.127 e. The topological polar surface area (TPSA) is 15.3 Å². The Morgan fingerprint density at radius 1 is 1.47 bits per heavy atom. The van der Waals surface area contributed by atoms with E-state index in [9.17, 15) is 4.39 Å². The Bertz CT molecular complexity index is 361. The van der Waals surface area contributed by atoms with Gasteiger partial charge in [0.2, 0.25) is 0 Å². The summed E-state index contributed by atoms with van der Waals surface area (Å²) in [5.74, 6) is -0.0931. The van der Waals surface area contributed by atoms with Crippen molar-refractivity contribution in [3.05, 3.63) is 35.6 Å². The van der Waals surface area contributed by atoms with E-state index in [1.165, 1.54) is 0 Å². The van der Waals surface area contributed by atoms with Crippen molar-refractivity contribution in [2.75, 3.05) is 19.6 Å². The predicted molar refractivity (Wildman–Crippen MR) is 68.5 cm³/mol. The zero-order chi connectivity index (χ0) is 12.3. The molecule has 1 aliphatic heterocycles. The highest BCUT2D eigenvalue weighted by atomic mass is 19.1. The molecule has 0 spiro atoms. The van der Waals surface area contributed by atoms with Crippen molar-refractivity contribution in [3.8, 4) is 0 Å². The van der Waals surface area contributed by atoms with Gasteiger partial charge >= 0.3 is 0 Å². The first-order valence-electron chi connectivity index (χ1n) is 6.45. The highest BCUT2D eigenvalue weighted by molar-refractivity contribution is 5.21. The zero-order valence-electron chi connectivity index (χ0n) is 10.6. The van der Waals surface area contributed by atoms with Gasteiger partial charge in [0, 0.05) is 24.2 Å². The van der Waals surface area contributed by atoms with Crippen LogP contribution >= 0.6 is 0 Å². The van der Waals surface area contributed by atoms with Gasteiger partial charge in [-0.2, -0.15) is 0 Å². The molecule has 94 valence electrons. The van der Waals surface area contributed by atoms with E-state index in [4.69, 9.17) is 0 Å². The molecule has 1 fully saturated rings. The molecule has 0 aromatic heterocycles. The van der Waals surface area contributed by atoms with Gasteiger partial charge in [-0.1, -0.05) is 25.1 Å². The third kappa shape index (κ3) is 2.67. The van der Waals surface area contributed by atoms with E-state index in [0.29, 0.717) is 6.04 Å². The Morgan fingerprint density at radius 3 is 2.82 bits per heavy atom. The second-order valence-corrected chi connectivity index (χ2v) is 4.67. The number of hydrogen-bond donors (Lipinski definition) is 1. The van der Waals surface area contributed by atoms with Gasteiger partial charge in [0.15, 0.2) is 0 Å². The lowest BCUT2D eigenvalue weighted by Gasteiger charge is -2.33. The van der Waals surface area contributed by atoms with Gasteiger partial charge in [0.1, 0.15) is 5.82 Å². The fourth-order valence-electron chi connectivity index (χ4n) is 2.76. The van der Waals surface area contributed by atoms with Crippen molar-refractivity contribution in [2.24, 2.45) is 0 Å². The smallest absolute Gasteiger partial charge is 0.127 e. The minimum absolute atomic E-state index is 0.0931. The predicted octanol–water partition coefficient (Wildman–Crippen LogP) is 2.57. The fraction of sp³-hybridized carbons (Fsp3) is 0.571. The van der Waals surface area contributed by atoms with Crippen molar-refractivity contribution in [1.29, 1.82) is 0 Å². The number of likely N-dealkylation sites (N-methyl/N-ethyl adjacent to an activating group) is 1. The summed E-state index contributed by atoms with van der Waals surface area (Å²) in [5.41, 5.74) is 0.807. The van der Waals surface area contributed by atoms with Crippen molar-refractivity contribution in [3.63, 3.8) is 0 Å². The van der Waals surface area contributed by atoms with Crippen molar-refractivity contribution >= 4 is 0 Å². The van der Waals surface area contributed by atoms with Crippen molar-refractivity contribution < 1.29 is 4.39 Å².